The predicted octanol–water partition coefficient (Wildman–Crippen LogP) is 3.13. The van der Waals surface area contributed by atoms with Crippen molar-refractivity contribution in [1.29, 1.82) is 0 Å². The van der Waals surface area contributed by atoms with Crippen molar-refractivity contribution >= 4 is 20.0 Å². The first-order valence-electron chi connectivity index (χ1n) is 6.51. The molecule has 98 valence electrons. The molecular weight excluding hydrogens is 232 g/mol. The number of carbonyl (C=O) groups is 1. The van der Waals surface area contributed by atoms with Gasteiger partial charge in [0, 0.05) is 0 Å². The fourth-order valence-electron chi connectivity index (χ4n) is 1.97. The Morgan fingerprint density at radius 1 is 1.24 bits per heavy atom. The van der Waals surface area contributed by atoms with Crippen molar-refractivity contribution in [2.24, 2.45) is 0 Å². The minimum absolute atomic E-state index is 0.228. The zero-order valence-corrected chi connectivity index (χ0v) is 12.4. The summed E-state index contributed by atoms with van der Waals surface area (Å²) < 4.78 is 6.12. The molecule has 0 bridgehead atoms. The fourth-order valence-corrected chi connectivity index (χ4v) is 4.81. The van der Waals surface area contributed by atoms with E-state index in [0.29, 0.717) is 6.42 Å². The van der Waals surface area contributed by atoms with Crippen molar-refractivity contribution in [2.45, 2.75) is 64.8 Å². The van der Waals surface area contributed by atoms with Crippen LogP contribution in [-0.2, 0) is 14.0 Å². The molecule has 1 atom stereocenters. The van der Waals surface area contributed by atoms with Crippen LogP contribution < -0.4 is 0 Å². The Morgan fingerprint density at radius 2 is 1.76 bits per heavy atom. The lowest BCUT2D eigenvalue weighted by Crippen LogP contribution is -2.42. The maximum absolute atomic E-state index is 11.7. The maximum Gasteiger partial charge on any atom is 0.194 e. The van der Waals surface area contributed by atoms with Gasteiger partial charge in [-0.15, -0.1) is 0 Å². The van der Waals surface area contributed by atoms with Crippen molar-refractivity contribution in [1.82, 2.24) is 0 Å². The molecule has 0 radical (unpaired) electrons. The molecule has 0 aromatic carbocycles. The van der Waals surface area contributed by atoms with Gasteiger partial charge in [-0.3, -0.25) is 4.79 Å². The summed E-state index contributed by atoms with van der Waals surface area (Å²) in [6, 6.07) is 3.04. The minimum Gasteiger partial charge on any atom is -0.407 e. The summed E-state index contributed by atoms with van der Waals surface area (Å²) in [4.78, 5) is 22.0. The molecular formula is C13H24O3Si. The maximum atomic E-state index is 11.7. The van der Waals surface area contributed by atoms with Gasteiger partial charge in [0.1, 0.15) is 12.0 Å². The van der Waals surface area contributed by atoms with E-state index in [0.717, 1.165) is 30.6 Å². The van der Waals surface area contributed by atoms with Crippen molar-refractivity contribution in [2.75, 3.05) is 0 Å². The van der Waals surface area contributed by atoms with Gasteiger partial charge < -0.3 is 4.43 Å². The normalized spacial score (nSPS) is 12.9. The highest BCUT2D eigenvalue weighted by Gasteiger charge is 2.33. The molecule has 3 nitrogen and oxygen atoms in total. The molecule has 0 spiro atoms. The summed E-state index contributed by atoms with van der Waals surface area (Å²) >= 11 is 0. The molecule has 4 heteroatoms. The molecule has 0 aliphatic carbocycles. The molecule has 0 aliphatic rings. The van der Waals surface area contributed by atoms with E-state index in [1.54, 1.807) is 5.94 Å². The third-order valence-corrected chi connectivity index (χ3v) is 8.05. The number of hydrogen-bond donors (Lipinski definition) is 0. The number of hydrogen-bond acceptors (Lipinski definition) is 3. The zero-order valence-electron chi connectivity index (χ0n) is 11.4. The van der Waals surface area contributed by atoms with Crippen LogP contribution >= 0.6 is 0 Å². The highest BCUT2D eigenvalue weighted by molar-refractivity contribution is 6.73. The Bertz CT molecular complexity index is 270. The Morgan fingerprint density at radius 3 is 2.12 bits per heavy atom. The molecule has 0 amide bonds. The molecule has 0 saturated heterocycles. The van der Waals surface area contributed by atoms with Gasteiger partial charge in [-0.1, -0.05) is 34.1 Å². The molecule has 0 aliphatic heterocycles. The van der Waals surface area contributed by atoms with Crippen LogP contribution in [0.1, 0.15) is 40.5 Å². The molecule has 17 heavy (non-hydrogen) atoms. The Balaban J connectivity index is 4.83. The lowest BCUT2D eigenvalue weighted by atomic mass is 10.1. The van der Waals surface area contributed by atoms with E-state index in [1.165, 1.54) is 0 Å². The fraction of sp³-hybridized carbons (Fsp3) is 0.769. The van der Waals surface area contributed by atoms with Gasteiger partial charge in [-0.05, 0) is 24.6 Å². The van der Waals surface area contributed by atoms with Crippen LogP contribution in [-0.4, -0.2) is 26.1 Å². The predicted molar refractivity (Wildman–Crippen MR) is 72.2 cm³/mol. The van der Waals surface area contributed by atoms with E-state index in [4.69, 9.17) is 4.43 Å². The molecule has 0 aromatic heterocycles. The van der Waals surface area contributed by atoms with Gasteiger partial charge in [-0.2, -0.15) is 0 Å². The molecule has 0 heterocycles. The largest absolute Gasteiger partial charge is 0.407 e. The number of ketones is 1. The first-order chi connectivity index (χ1) is 8.09. The smallest absolute Gasteiger partial charge is 0.194 e. The van der Waals surface area contributed by atoms with E-state index in [9.17, 15) is 9.59 Å². The Labute approximate surface area is 105 Å². The third kappa shape index (κ3) is 4.98. The summed E-state index contributed by atoms with van der Waals surface area (Å²) in [5.41, 5.74) is 0. The van der Waals surface area contributed by atoms with E-state index in [-0.39, 0.29) is 5.78 Å². The second-order valence-electron chi connectivity index (χ2n) is 4.30. The van der Waals surface area contributed by atoms with Gasteiger partial charge in [-0.25, -0.2) is 4.79 Å². The topological polar surface area (TPSA) is 43.4 Å². The Hall–Kier alpha value is -0.703. The Kier molecular flexibility index (Phi) is 8.05. The molecule has 1 unspecified atom stereocenters. The van der Waals surface area contributed by atoms with Gasteiger partial charge in [0.05, 0.1) is 6.08 Å². The van der Waals surface area contributed by atoms with Crippen LogP contribution in [0.15, 0.2) is 6.08 Å². The molecule has 0 saturated carbocycles. The van der Waals surface area contributed by atoms with Gasteiger partial charge in [0.25, 0.3) is 0 Å². The minimum atomic E-state index is -1.78. The lowest BCUT2D eigenvalue weighted by Gasteiger charge is -2.32. The second-order valence-corrected chi connectivity index (χ2v) is 9.03. The quantitative estimate of drug-likeness (QED) is 0.361. The number of carbonyl (C=O) groups excluding carboxylic acids is 2. The molecule has 0 aromatic rings. The number of rotatable bonds is 9. The highest BCUT2D eigenvalue weighted by atomic mass is 28.4. The van der Waals surface area contributed by atoms with Crippen molar-refractivity contribution in [3.63, 3.8) is 0 Å². The lowest BCUT2D eigenvalue weighted by molar-refractivity contribution is -0.121. The van der Waals surface area contributed by atoms with Crippen molar-refractivity contribution in [3.8, 4) is 0 Å². The summed E-state index contributed by atoms with van der Waals surface area (Å²) in [6.07, 6.45) is 2.10. The van der Waals surface area contributed by atoms with Crippen LogP contribution in [0.2, 0.25) is 18.1 Å². The van der Waals surface area contributed by atoms with E-state index in [1.807, 2.05) is 6.92 Å². The summed E-state index contributed by atoms with van der Waals surface area (Å²) in [5.74, 6) is 1.33. The molecule has 0 fully saturated rings. The van der Waals surface area contributed by atoms with Crippen LogP contribution in [0.5, 0.6) is 0 Å². The van der Waals surface area contributed by atoms with Crippen LogP contribution in [0.25, 0.3) is 0 Å². The SMILES string of the molecule is CCCC(O[Si](CC)(CC)CC)C(=O)C=C=O. The van der Waals surface area contributed by atoms with Gasteiger partial charge >= 0.3 is 0 Å². The third-order valence-electron chi connectivity index (χ3n) is 3.39. The first kappa shape index (κ1) is 16.3. The van der Waals surface area contributed by atoms with E-state index < -0.39 is 14.4 Å². The monoisotopic (exact) mass is 256 g/mol. The van der Waals surface area contributed by atoms with E-state index >= 15 is 0 Å². The summed E-state index contributed by atoms with van der Waals surface area (Å²) in [6.45, 7) is 8.40. The zero-order chi connectivity index (χ0) is 13.3. The average molecular weight is 256 g/mol. The molecule has 0 rings (SSSR count). The van der Waals surface area contributed by atoms with Crippen LogP contribution in [0.3, 0.4) is 0 Å². The van der Waals surface area contributed by atoms with Crippen LogP contribution in [0.4, 0.5) is 0 Å². The highest BCUT2D eigenvalue weighted by Crippen LogP contribution is 2.25. The first-order valence-corrected chi connectivity index (χ1v) is 9.04. The summed E-state index contributed by atoms with van der Waals surface area (Å²) in [7, 11) is -1.78. The average Bonchev–Trinajstić information content (AvgIpc) is 2.35. The standard InChI is InChI=1S/C13H24O3Si/c1-5-9-13(12(15)10-11-14)16-17(6-2,7-3)8-4/h10,13H,5-9H2,1-4H3. The van der Waals surface area contributed by atoms with Crippen LogP contribution in [0, 0.1) is 0 Å². The summed E-state index contributed by atoms with van der Waals surface area (Å²) in [5, 5.41) is 0. The molecule has 0 N–H and O–H groups in total. The van der Waals surface area contributed by atoms with Crippen molar-refractivity contribution < 1.29 is 14.0 Å². The van der Waals surface area contributed by atoms with E-state index in [2.05, 4.69) is 20.8 Å². The van der Waals surface area contributed by atoms with Gasteiger partial charge in [0.15, 0.2) is 14.1 Å². The van der Waals surface area contributed by atoms with Crippen molar-refractivity contribution in [3.05, 3.63) is 6.08 Å². The second kappa shape index (κ2) is 8.40. The van der Waals surface area contributed by atoms with Gasteiger partial charge in [0.2, 0.25) is 0 Å².